The highest BCUT2D eigenvalue weighted by atomic mass is 35.5. The SMILES string of the molecule is Cc1ccc(N2C(=O)SC(Nc3ccc(Cl)c(Cl)c3)C2=O)cc1C. The van der Waals surface area contributed by atoms with Crippen LogP contribution >= 0.6 is 35.0 Å². The molecule has 1 aliphatic heterocycles. The molecule has 0 aliphatic carbocycles. The van der Waals surface area contributed by atoms with Crippen LogP contribution in [0.15, 0.2) is 36.4 Å². The molecule has 24 heavy (non-hydrogen) atoms. The Hall–Kier alpha value is -1.69. The molecule has 124 valence electrons. The lowest BCUT2D eigenvalue weighted by Gasteiger charge is -2.16. The van der Waals surface area contributed by atoms with E-state index in [1.54, 1.807) is 24.3 Å². The average Bonchev–Trinajstić information content (AvgIpc) is 2.80. The lowest BCUT2D eigenvalue weighted by atomic mass is 10.1. The van der Waals surface area contributed by atoms with E-state index in [-0.39, 0.29) is 11.1 Å². The van der Waals surface area contributed by atoms with Gasteiger partial charge in [0.15, 0.2) is 5.37 Å². The van der Waals surface area contributed by atoms with Crippen LogP contribution in [0.25, 0.3) is 0 Å². The Morgan fingerprint density at radius 3 is 2.42 bits per heavy atom. The number of carbonyl (C=O) groups excluding carboxylic acids is 2. The molecule has 0 radical (unpaired) electrons. The maximum atomic E-state index is 12.6. The van der Waals surface area contributed by atoms with Crippen LogP contribution in [0.2, 0.25) is 10.0 Å². The van der Waals surface area contributed by atoms with Crippen molar-refractivity contribution in [3.63, 3.8) is 0 Å². The third-order valence-electron chi connectivity index (χ3n) is 3.81. The molecule has 4 nitrogen and oxygen atoms in total. The van der Waals surface area contributed by atoms with E-state index in [1.807, 2.05) is 26.0 Å². The molecule has 1 N–H and O–H groups in total. The predicted molar refractivity (Wildman–Crippen MR) is 100 cm³/mol. The van der Waals surface area contributed by atoms with E-state index in [2.05, 4.69) is 5.32 Å². The van der Waals surface area contributed by atoms with Crippen molar-refractivity contribution < 1.29 is 9.59 Å². The Morgan fingerprint density at radius 2 is 1.75 bits per heavy atom. The van der Waals surface area contributed by atoms with Gasteiger partial charge in [0.25, 0.3) is 11.1 Å². The molecule has 7 heteroatoms. The number of hydrogen-bond donors (Lipinski definition) is 1. The van der Waals surface area contributed by atoms with Gasteiger partial charge in [-0.1, -0.05) is 29.3 Å². The molecule has 0 saturated carbocycles. The average molecular weight is 381 g/mol. The zero-order valence-electron chi connectivity index (χ0n) is 13.0. The van der Waals surface area contributed by atoms with Crippen molar-refractivity contribution in [1.82, 2.24) is 0 Å². The lowest BCUT2D eigenvalue weighted by molar-refractivity contribution is -0.116. The lowest BCUT2D eigenvalue weighted by Crippen LogP contribution is -2.34. The van der Waals surface area contributed by atoms with Crippen LogP contribution in [0, 0.1) is 13.8 Å². The molecule has 0 aromatic heterocycles. The van der Waals surface area contributed by atoms with Gasteiger partial charge in [-0.25, -0.2) is 4.90 Å². The van der Waals surface area contributed by atoms with E-state index < -0.39 is 5.37 Å². The fraction of sp³-hybridized carbons (Fsp3) is 0.176. The van der Waals surface area contributed by atoms with Crippen molar-refractivity contribution in [2.45, 2.75) is 19.2 Å². The Balaban J connectivity index is 1.83. The Bertz CT molecular complexity index is 841. The summed E-state index contributed by atoms with van der Waals surface area (Å²) in [4.78, 5) is 26.1. The summed E-state index contributed by atoms with van der Waals surface area (Å²) in [5.74, 6) is -0.306. The minimum absolute atomic E-state index is 0.305. The van der Waals surface area contributed by atoms with Gasteiger partial charge in [-0.2, -0.15) is 0 Å². The first kappa shape index (κ1) is 17.1. The topological polar surface area (TPSA) is 49.4 Å². The summed E-state index contributed by atoms with van der Waals surface area (Å²) in [5, 5.41) is 2.83. The molecule has 1 aliphatic rings. The van der Waals surface area contributed by atoms with Gasteiger partial charge in [-0.3, -0.25) is 9.59 Å². The van der Waals surface area contributed by atoms with Crippen LogP contribution < -0.4 is 10.2 Å². The second kappa shape index (κ2) is 6.67. The molecular formula is C17H14Cl2N2O2S. The van der Waals surface area contributed by atoms with Crippen LogP contribution in [-0.4, -0.2) is 16.5 Å². The maximum Gasteiger partial charge on any atom is 0.295 e. The van der Waals surface area contributed by atoms with Gasteiger partial charge in [0, 0.05) is 5.69 Å². The van der Waals surface area contributed by atoms with Crippen molar-refractivity contribution in [3.8, 4) is 0 Å². The fourth-order valence-corrected chi connectivity index (χ4v) is 3.54. The summed E-state index contributed by atoms with van der Waals surface area (Å²) in [6.45, 7) is 3.93. The third kappa shape index (κ3) is 3.24. The Labute approximate surface area is 154 Å². The van der Waals surface area contributed by atoms with E-state index in [0.29, 0.717) is 21.4 Å². The van der Waals surface area contributed by atoms with E-state index in [1.165, 1.54) is 4.90 Å². The summed E-state index contributed by atoms with van der Waals surface area (Å²) in [5.41, 5.74) is 3.35. The maximum absolute atomic E-state index is 12.6. The first-order valence-corrected chi connectivity index (χ1v) is 8.84. The Kier molecular flexibility index (Phi) is 4.76. The summed E-state index contributed by atoms with van der Waals surface area (Å²) >= 11 is 12.8. The molecule has 2 aromatic rings. The fourth-order valence-electron chi connectivity index (χ4n) is 2.34. The smallest absolute Gasteiger partial charge is 0.295 e. The number of benzene rings is 2. The summed E-state index contributed by atoms with van der Waals surface area (Å²) in [7, 11) is 0. The number of imide groups is 1. The number of rotatable bonds is 3. The minimum atomic E-state index is -0.698. The van der Waals surface area contributed by atoms with Crippen LogP contribution in [0.1, 0.15) is 11.1 Å². The molecule has 1 fully saturated rings. The number of amides is 2. The number of thioether (sulfide) groups is 1. The first-order valence-electron chi connectivity index (χ1n) is 7.20. The van der Waals surface area contributed by atoms with Gasteiger partial charge >= 0.3 is 0 Å². The van der Waals surface area contributed by atoms with Crippen LogP contribution in [0.3, 0.4) is 0 Å². The van der Waals surface area contributed by atoms with Crippen molar-refractivity contribution in [1.29, 1.82) is 0 Å². The molecule has 1 atom stereocenters. The zero-order valence-corrected chi connectivity index (χ0v) is 15.3. The van der Waals surface area contributed by atoms with Crippen molar-refractivity contribution in [2.75, 3.05) is 10.2 Å². The van der Waals surface area contributed by atoms with Crippen LogP contribution in [0.5, 0.6) is 0 Å². The summed E-state index contributed by atoms with van der Waals surface area (Å²) in [6.07, 6.45) is 0. The van der Waals surface area contributed by atoms with Gasteiger partial charge in [0.05, 0.1) is 15.7 Å². The molecule has 1 saturated heterocycles. The summed E-state index contributed by atoms with van der Waals surface area (Å²) < 4.78 is 0. The molecule has 1 unspecified atom stereocenters. The van der Waals surface area contributed by atoms with Gasteiger partial charge in [0.2, 0.25) is 0 Å². The van der Waals surface area contributed by atoms with E-state index in [4.69, 9.17) is 23.2 Å². The molecule has 2 amide bonds. The third-order valence-corrected chi connectivity index (χ3v) is 5.49. The number of carbonyl (C=O) groups is 2. The number of halogens is 2. The predicted octanol–water partition coefficient (Wildman–Crippen LogP) is 5.25. The second-order valence-electron chi connectivity index (χ2n) is 5.48. The van der Waals surface area contributed by atoms with Crippen LogP contribution in [-0.2, 0) is 4.79 Å². The van der Waals surface area contributed by atoms with Gasteiger partial charge in [-0.15, -0.1) is 0 Å². The highest BCUT2D eigenvalue weighted by molar-refractivity contribution is 8.16. The molecule has 1 heterocycles. The Morgan fingerprint density at radius 1 is 1.00 bits per heavy atom. The number of nitrogens with zero attached hydrogens (tertiary/aromatic N) is 1. The zero-order chi connectivity index (χ0) is 17.4. The van der Waals surface area contributed by atoms with E-state index in [9.17, 15) is 9.59 Å². The monoisotopic (exact) mass is 380 g/mol. The molecular weight excluding hydrogens is 367 g/mol. The van der Waals surface area contributed by atoms with Gasteiger partial charge in [0.1, 0.15) is 0 Å². The molecule has 2 aromatic carbocycles. The first-order chi connectivity index (χ1) is 11.4. The quantitative estimate of drug-likeness (QED) is 0.789. The van der Waals surface area contributed by atoms with Gasteiger partial charge < -0.3 is 5.32 Å². The molecule has 3 rings (SSSR count). The van der Waals surface area contributed by atoms with Crippen molar-refractivity contribution in [2.24, 2.45) is 0 Å². The second-order valence-corrected chi connectivity index (χ2v) is 7.35. The molecule has 0 spiro atoms. The van der Waals surface area contributed by atoms with E-state index >= 15 is 0 Å². The summed E-state index contributed by atoms with van der Waals surface area (Å²) in [6, 6.07) is 10.5. The number of hydrogen-bond acceptors (Lipinski definition) is 4. The van der Waals surface area contributed by atoms with Gasteiger partial charge in [-0.05, 0) is 67.1 Å². The van der Waals surface area contributed by atoms with E-state index in [0.717, 1.165) is 22.9 Å². The normalized spacial score (nSPS) is 17.5. The van der Waals surface area contributed by atoms with Crippen molar-refractivity contribution >= 4 is 57.5 Å². The number of nitrogens with one attached hydrogen (secondary N) is 1. The largest absolute Gasteiger partial charge is 0.365 e. The molecule has 0 bridgehead atoms. The number of aryl methyl sites for hydroxylation is 2. The standard InChI is InChI=1S/C17H14Cl2N2O2S/c1-9-3-5-12(7-10(9)2)21-16(22)15(24-17(21)23)20-11-4-6-13(18)14(19)8-11/h3-8,15,20H,1-2H3. The number of anilines is 2. The minimum Gasteiger partial charge on any atom is -0.365 e. The van der Waals surface area contributed by atoms with Crippen LogP contribution in [0.4, 0.5) is 16.2 Å². The van der Waals surface area contributed by atoms with Crippen molar-refractivity contribution in [3.05, 3.63) is 57.6 Å². The highest BCUT2D eigenvalue weighted by Gasteiger charge is 2.40. The highest BCUT2D eigenvalue weighted by Crippen LogP contribution is 2.34.